The van der Waals surface area contributed by atoms with Crippen molar-refractivity contribution in [3.8, 4) is 0 Å². The Morgan fingerprint density at radius 3 is 2.76 bits per heavy atom. The lowest BCUT2D eigenvalue weighted by atomic mass is 10.2. The van der Waals surface area contributed by atoms with Crippen LogP contribution in [0.1, 0.15) is 13.3 Å². The molecular formula is C13H21N3O. The molecule has 1 aromatic rings. The molecule has 4 heteroatoms. The van der Waals surface area contributed by atoms with Gasteiger partial charge in [0.2, 0.25) is 5.91 Å². The summed E-state index contributed by atoms with van der Waals surface area (Å²) in [5, 5.41) is 5.94. The third kappa shape index (κ3) is 4.87. The van der Waals surface area contributed by atoms with E-state index in [1.807, 2.05) is 43.3 Å². The highest BCUT2D eigenvalue weighted by Crippen LogP contribution is 2.16. The number of rotatable bonds is 6. The third-order valence-electron chi connectivity index (χ3n) is 2.36. The molecule has 0 fully saturated rings. The van der Waals surface area contributed by atoms with Gasteiger partial charge in [-0.25, -0.2) is 0 Å². The van der Waals surface area contributed by atoms with Gasteiger partial charge in [-0.05, 0) is 31.2 Å². The van der Waals surface area contributed by atoms with Gasteiger partial charge < -0.3 is 15.5 Å². The van der Waals surface area contributed by atoms with Gasteiger partial charge in [-0.15, -0.1) is 0 Å². The zero-order valence-electron chi connectivity index (χ0n) is 10.8. The topological polar surface area (TPSA) is 44.4 Å². The number of carbonyl (C=O) groups excluding carboxylic acids is 1. The van der Waals surface area contributed by atoms with Crippen molar-refractivity contribution in [1.82, 2.24) is 5.32 Å². The first-order valence-electron chi connectivity index (χ1n) is 5.91. The van der Waals surface area contributed by atoms with Crippen molar-refractivity contribution >= 4 is 17.3 Å². The van der Waals surface area contributed by atoms with E-state index in [2.05, 4.69) is 17.6 Å². The fourth-order valence-corrected chi connectivity index (χ4v) is 1.45. The molecule has 0 atom stereocenters. The van der Waals surface area contributed by atoms with Crippen molar-refractivity contribution in [1.29, 1.82) is 0 Å². The Bertz CT molecular complexity index is 363. The van der Waals surface area contributed by atoms with Crippen molar-refractivity contribution in [2.75, 3.05) is 37.4 Å². The fourth-order valence-electron chi connectivity index (χ4n) is 1.45. The minimum absolute atomic E-state index is 0.00523. The molecule has 1 rings (SSSR count). The first kappa shape index (κ1) is 13.5. The van der Waals surface area contributed by atoms with Crippen molar-refractivity contribution in [2.45, 2.75) is 13.3 Å². The maximum Gasteiger partial charge on any atom is 0.238 e. The third-order valence-corrected chi connectivity index (χ3v) is 2.36. The van der Waals surface area contributed by atoms with E-state index in [4.69, 9.17) is 0 Å². The van der Waals surface area contributed by atoms with Crippen molar-refractivity contribution in [3.05, 3.63) is 24.3 Å². The number of amides is 1. The van der Waals surface area contributed by atoms with Gasteiger partial charge in [0.25, 0.3) is 0 Å². The number of nitrogens with one attached hydrogen (secondary N) is 2. The highest BCUT2D eigenvalue weighted by Gasteiger charge is 2.02. The zero-order valence-corrected chi connectivity index (χ0v) is 10.8. The van der Waals surface area contributed by atoms with Crippen molar-refractivity contribution in [3.63, 3.8) is 0 Å². The van der Waals surface area contributed by atoms with Crippen LogP contribution in [0, 0.1) is 0 Å². The quantitative estimate of drug-likeness (QED) is 0.738. The Balaban J connectivity index is 2.50. The zero-order chi connectivity index (χ0) is 12.7. The van der Waals surface area contributed by atoms with Crippen molar-refractivity contribution < 1.29 is 4.79 Å². The monoisotopic (exact) mass is 235 g/mol. The number of hydrogen-bond acceptors (Lipinski definition) is 3. The SMILES string of the molecule is CCCNCC(=O)Nc1cccc(N(C)C)c1. The lowest BCUT2D eigenvalue weighted by Gasteiger charge is -2.14. The van der Waals surface area contributed by atoms with Crippen LogP contribution in [0.15, 0.2) is 24.3 Å². The molecule has 0 unspecified atom stereocenters. The van der Waals surface area contributed by atoms with Gasteiger partial charge in [-0.3, -0.25) is 4.79 Å². The summed E-state index contributed by atoms with van der Waals surface area (Å²) in [6.45, 7) is 3.30. The molecule has 0 aliphatic rings. The molecule has 0 aromatic heterocycles. The first-order chi connectivity index (χ1) is 8.13. The van der Waals surface area contributed by atoms with Crippen LogP contribution in [0.2, 0.25) is 0 Å². The van der Waals surface area contributed by atoms with E-state index in [-0.39, 0.29) is 5.91 Å². The Morgan fingerprint density at radius 2 is 2.12 bits per heavy atom. The Kier molecular flexibility index (Phi) is 5.49. The van der Waals surface area contributed by atoms with Crippen LogP contribution in [-0.4, -0.2) is 33.1 Å². The average molecular weight is 235 g/mol. The summed E-state index contributed by atoms with van der Waals surface area (Å²) < 4.78 is 0. The van der Waals surface area contributed by atoms with Crippen molar-refractivity contribution in [2.24, 2.45) is 0 Å². The molecule has 0 heterocycles. The summed E-state index contributed by atoms with van der Waals surface area (Å²) in [5.41, 5.74) is 1.91. The minimum atomic E-state index is -0.00523. The number of hydrogen-bond donors (Lipinski definition) is 2. The van der Waals surface area contributed by atoms with E-state index in [9.17, 15) is 4.79 Å². The largest absolute Gasteiger partial charge is 0.378 e. The van der Waals surface area contributed by atoms with E-state index >= 15 is 0 Å². The molecule has 0 aliphatic heterocycles. The second-order valence-electron chi connectivity index (χ2n) is 4.17. The van der Waals surface area contributed by atoms with Crippen LogP contribution in [0.25, 0.3) is 0 Å². The summed E-state index contributed by atoms with van der Waals surface area (Å²) in [5.74, 6) is -0.00523. The molecular weight excluding hydrogens is 214 g/mol. The lowest BCUT2D eigenvalue weighted by molar-refractivity contribution is -0.115. The summed E-state index contributed by atoms with van der Waals surface area (Å²) in [6.07, 6.45) is 1.03. The van der Waals surface area contributed by atoms with Gasteiger partial charge in [0.15, 0.2) is 0 Å². The van der Waals surface area contributed by atoms with E-state index in [1.54, 1.807) is 0 Å². The summed E-state index contributed by atoms with van der Waals surface area (Å²) in [4.78, 5) is 13.6. The van der Waals surface area contributed by atoms with Gasteiger partial charge >= 0.3 is 0 Å². The van der Waals surface area contributed by atoms with Crippen LogP contribution in [-0.2, 0) is 4.79 Å². The Labute approximate surface area is 103 Å². The second-order valence-corrected chi connectivity index (χ2v) is 4.17. The highest BCUT2D eigenvalue weighted by atomic mass is 16.1. The van der Waals surface area contributed by atoms with Crippen LogP contribution >= 0.6 is 0 Å². The smallest absolute Gasteiger partial charge is 0.238 e. The summed E-state index contributed by atoms with van der Waals surface area (Å²) >= 11 is 0. The average Bonchev–Trinajstić information content (AvgIpc) is 2.29. The number of nitrogens with zero attached hydrogens (tertiary/aromatic N) is 1. The van der Waals surface area contributed by atoms with E-state index in [1.165, 1.54) is 0 Å². The molecule has 0 bridgehead atoms. The molecule has 94 valence electrons. The molecule has 0 spiro atoms. The van der Waals surface area contributed by atoms with Gasteiger partial charge in [0.05, 0.1) is 6.54 Å². The summed E-state index contributed by atoms with van der Waals surface area (Å²) in [6, 6.07) is 7.79. The fraction of sp³-hybridized carbons (Fsp3) is 0.462. The normalized spacial score (nSPS) is 10.1. The first-order valence-corrected chi connectivity index (χ1v) is 5.91. The van der Waals surface area contributed by atoms with Crippen LogP contribution in [0.3, 0.4) is 0 Å². The molecule has 4 nitrogen and oxygen atoms in total. The Hall–Kier alpha value is -1.55. The van der Waals surface area contributed by atoms with Gasteiger partial charge in [0, 0.05) is 25.5 Å². The second kappa shape index (κ2) is 6.91. The summed E-state index contributed by atoms with van der Waals surface area (Å²) in [7, 11) is 3.95. The molecule has 1 amide bonds. The number of carbonyl (C=O) groups is 1. The molecule has 0 saturated carbocycles. The number of anilines is 2. The van der Waals surface area contributed by atoms with Crippen LogP contribution in [0.5, 0.6) is 0 Å². The van der Waals surface area contributed by atoms with Gasteiger partial charge in [-0.1, -0.05) is 13.0 Å². The van der Waals surface area contributed by atoms with E-state index in [0.717, 1.165) is 24.3 Å². The molecule has 17 heavy (non-hydrogen) atoms. The number of benzene rings is 1. The van der Waals surface area contributed by atoms with E-state index in [0.29, 0.717) is 6.54 Å². The molecule has 2 N–H and O–H groups in total. The maximum atomic E-state index is 11.6. The predicted molar refractivity (Wildman–Crippen MR) is 72.6 cm³/mol. The standard InChI is InChI=1S/C13H21N3O/c1-4-8-14-10-13(17)15-11-6-5-7-12(9-11)16(2)3/h5-7,9,14H,4,8,10H2,1-3H3,(H,15,17). The molecule has 0 radical (unpaired) electrons. The lowest BCUT2D eigenvalue weighted by Crippen LogP contribution is -2.28. The highest BCUT2D eigenvalue weighted by molar-refractivity contribution is 5.92. The minimum Gasteiger partial charge on any atom is -0.378 e. The Morgan fingerprint density at radius 1 is 1.35 bits per heavy atom. The van der Waals surface area contributed by atoms with Crippen LogP contribution in [0.4, 0.5) is 11.4 Å². The predicted octanol–water partition coefficient (Wildman–Crippen LogP) is 1.69. The van der Waals surface area contributed by atoms with Crippen LogP contribution < -0.4 is 15.5 Å². The molecule has 1 aromatic carbocycles. The maximum absolute atomic E-state index is 11.6. The molecule has 0 aliphatic carbocycles. The van der Waals surface area contributed by atoms with Gasteiger partial charge in [-0.2, -0.15) is 0 Å². The molecule has 0 saturated heterocycles. The van der Waals surface area contributed by atoms with Gasteiger partial charge in [0.1, 0.15) is 0 Å². The van der Waals surface area contributed by atoms with E-state index < -0.39 is 0 Å².